The first-order valence-electron chi connectivity index (χ1n) is 15.8. The summed E-state index contributed by atoms with van der Waals surface area (Å²) in [6.07, 6.45) is 5.97. The van der Waals surface area contributed by atoms with Gasteiger partial charge in [0.2, 0.25) is 5.91 Å². The van der Waals surface area contributed by atoms with Gasteiger partial charge in [0, 0.05) is 29.6 Å². The van der Waals surface area contributed by atoms with E-state index in [1.807, 2.05) is 19.1 Å². The van der Waals surface area contributed by atoms with Gasteiger partial charge in [-0.25, -0.2) is 4.79 Å². The smallest absolute Gasteiger partial charge is 0.336 e. The third-order valence-electron chi connectivity index (χ3n) is 12.5. The van der Waals surface area contributed by atoms with Crippen molar-refractivity contribution in [1.82, 2.24) is 0 Å². The van der Waals surface area contributed by atoms with Gasteiger partial charge in [0.15, 0.2) is 0 Å². The van der Waals surface area contributed by atoms with Crippen molar-refractivity contribution in [2.24, 2.45) is 46.3 Å². The Morgan fingerprint density at radius 1 is 1.00 bits per heavy atom. The number of aliphatic hydroxyl groups excluding tert-OH is 3. The van der Waals surface area contributed by atoms with E-state index in [9.17, 15) is 24.9 Å². The summed E-state index contributed by atoms with van der Waals surface area (Å²) in [5.41, 5.74) is 1.61. The average Bonchev–Trinajstić information content (AvgIpc) is 3.28. The standard InChI is InChI=1S/C34H47NO6/c1-18(5-10-28(37)35-20-6-7-22-19(2)15-29(38)41-27(22)16-20)23-8-9-24-30-25(12-14-33(23,24)3)34(4)13-11-21(36)17-26(34)31(39)32(30)40/h6-7,15-16,18,21,23-26,30-32,36,39-40H,5,8-14,17H2,1-4H3,(H,35,37)/t18-,21-,23-,24+,25+,26+,30+,31?,32?,33-,34-/m1/s1. The van der Waals surface area contributed by atoms with Crippen molar-refractivity contribution in [3.63, 3.8) is 0 Å². The Morgan fingerprint density at radius 3 is 2.51 bits per heavy atom. The predicted octanol–water partition coefficient (Wildman–Crippen LogP) is 5.42. The zero-order chi connectivity index (χ0) is 29.3. The molecular weight excluding hydrogens is 518 g/mol. The van der Waals surface area contributed by atoms with Gasteiger partial charge in [-0.1, -0.05) is 20.8 Å². The van der Waals surface area contributed by atoms with Crippen molar-refractivity contribution in [2.75, 3.05) is 5.32 Å². The Labute approximate surface area is 242 Å². The molecule has 2 unspecified atom stereocenters. The molecule has 7 heteroatoms. The average molecular weight is 566 g/mol. The van der Waals surface area contributed by atoms with Gasteiger partial charge in [-0.3, -0.25) is 4.79 Å². The highest BCUT2D eigenvalue weighted by molar-refractivity contribution is 5.93. The molecule has 41 heavy (non-hydrogen) atoms. The number of carbonyl (C=O) groups excluding carboxylic acids is 1. The summed E-state index contributed by atoms with van der Waals surface area (Å²) in [5, 5.41) is 37.0. The van der Waals surface area contributed by atoms with E-state index in [2.05, 4.69) is 26.1 Å². The molecule has 2 aromatic rings. The maximum absolute atomic E-state index is 12.9. The summed E-state index contributed by atoms with van der Waals surface area (Å²) in [7, 11) is 0. The second-order valence-electron chi connectivity index (χ2n) is 14.6. The molecule has 4 fully saturated rings. The van der Waals surface area contributed by atoms with Crippen LogP contribution in [0.5, 0.6) is 0 Å². The third kappa shape index (κ3) is 4.76. The van der Waals surface area contributed by atoms with Crippen molar-refractivity contribution < 1.29 is 24.5 Å². The molecule has 4 saturated carbocycles. The maximum Gasteiger partial charge on any atom is 0.336 e. The lowest BCUT2D eigenvalue weighted by atomic mass is 9.43. The molecule has 1 amide bonds. The van der Waals surface area contributed by atoms with Crippen LogP contribution in [0.4, 0.5) is 5.69 Å². The molecule has 0 spiro atoms. The number of fused-ring (bicyclic) bond motifs is 6. The molecule has 0 bridgehead atoms. The van der Waals surface area contributed by atoms with Crippen LogP contribution in [0.3, 0.4) is 0 Å². The van der Waals surface area contributed by atoms with E-state index in [-0.39, 0.29) is 34.7 Å². The molecule has 4 aliphatic rings. The van der Waals surface area contributed by atoms with Crippen LogP contribution in [-0.2, 0) is 4.79 Å². The first-order valence-corrected chi connectivity index (χ1v) is 15.8. The number of amides is 1. The number of aliphatic hydroxyl groups is 3. The van der Waals surface area contributed by atoms with Gasteiger partial charge in [0.05, 0.1) is 18.3 Å². The largest absolute Gasteiger partial charge is 0.423 e. The van der Waals surface area contributed by atoms with E-state index in [0.29, 0.717) is 47.8 Å². The molecule has 4 N–H and O–H groups in total. The van der Waals surface area contributed by atoms with E-state index in [4.69, 9.17) is 4.42 Å². The highest BCUT2D eigenvalue weighted by Crippen LogP contribution is 2.68. The molecular formula is C34H47NO6. The van der Waals surface area contributed by atoms with Crippen LogP contribution in [0, 0.1) is 53.3 Å². The van der Waals surface area contributed by atoms with E-state index in [1.165, 1.54) is 6.07 Å². The molecule has 6 rings (SSSR count). The number of aryl methyl sites for hydroxylation is 1. The number of carbonyl (C=O) groups is 1. The number of rotatable bonds is 5. The number of anilines is 1. The number of hydrogen-bond donors (Lipinski definition) is 4. The molecule has 4 aliphatic carbocycles. The molecule has 224 valence electrons. The monoisotopic (exact) mass is 565 g/mol. The van der Waals surface area contributed by atoms with Crippen molar-refractivity contribution >= 4 is 22.6 Å². The van der Waals surface area contributed by atoms with Gasteiger partial charge in [0.1, 0.15) is 5.58 Å². The summed E-state index contributed by atoms with van der Waals surface area (Å²) in [4.78, 5) is 24.7. The van der Waals surface area contributed by atoms with Crippen molar-refractivity contribution in [3.8, 4) is 0 Å². The number of nitrogens with one attached hydrogen (secondary N) is 1. The second-order valence-corrected chi connectivity index (χ2v) is 14.6. The first kappa shape index (κ1) is 28.9. The van der Waals surface area contributed by atoms with E-state index >= 15 is 0 Å². The number of hydrogen-bond acceptors (Lipinski definition) is 6. The minimum atomic E-state index is -0.772. The van der Waals surface area contributed by atoms with Gasteiger partial charge >= 0.3 is 5.63 Å². The van der Waals surface area contributed by atoms with Crippen LogP contribution >= 0.6 is 0 Å². The van der Waals surface area contributed by atoms with Crippen LogP contribution in [0.15, 0.2) is 33.5 Å². The fourth-order valence-corrected chi connectivity index (χ4v) is 10.4. The summed E-state index contributed by atoms with van der Waals surface area (Å²) in [6.45, 7) is 8.87. The van der Waals surface area contributed by atoms with Crippen molar-refractivity contribution in [1.29, 1.82) is 0 Å². The highest BCUT2D eigenvalue weighted by atomic mass is 16.4. The SMILES string of the molecule is Cc1cc(=O)oc2cc(NC(=O)CC[C@@H](C)[C@H]3CC[C@H]4[C@@H]5C(O)C(O)[C@@H]6C[C@H](O)CC[C@]6(C)[C@H]5CC[C@]34C)ccc12. The summed E-state index contributed by atoms with van der Waals surface area (Å²) in [5.74, 6) is 1.60. The molecule has 7 nitrogen and oxygen atoms in total. The molecule has 0 saturated heterocycles. The minimum Gasteiger partial charge on any atom is -0.423 e. The topological polar surface area (TPSA) is 120 Å². The summed E-state index contributed by atoms with van der Waals surface area (Å²) >= 11 is 0. The molecule has 0 aliphatic heterocycles. The Balaban J connectivity index is 1.12. The Morgan fingerprint density at radius 2 is 1.73 bits per heavy atom. The third-order valence-corrected chi connectivity index (χ3v) is 12.5. The lowest BCUT2D eigenvalue weighted by molar-refractivity contribution is -0.223. The second kappa shape index (κ2) is 10.5. The van der Waals surface area contributed by atoms with E-state index in [1.54, 1.807) is 6.07 Å². The molecule has 1 heterocycles. The maximum atomic E-state index is 12.9. The Hall–Kier alpha value is -2.22. The molecule has 1 aromatic carbocycles. The Kier molecular flexibility index (Phi) is 7.39. The van der Waals surface area contributed by atoms with Crippen LogP contribution in [0.1, 0.15) is 84.1 Å². The van der Waals surface area contributed by atoms with Gasteiger partial charge in [-0.2, -0.15) is 0 Å². The fraction of sp³-hybridized carbons (Fsp3) is 0.706. The normalized spacial score (nSPS) is 40.9. The van der Waals surface area contributed by atoms with Gasteiger partial charge < -0.3 is 25.1 Å². The first-order chi connectivity index (χ1) is 19.4. The van der Waals surface area contributed by atoms with Crippen LogP contribution < -0.4 is 10.9 Å². The van der Waals surface area contributed by atoms with Crippen LogP contribution in [-0.4, -0.2) is 39.5 Å². The number of benzene rings is 1. The molecule has 11 atom stereocenters. The summed E-state index contributed by atoms with van der Waals surface area (Å²) < 4.78 is 5.33. The quantitative estimate of drug-likeness (QED) is 0.360. The molecule has 1 aromatic heterocycles. The van der Waals surface area contributed by atoms with Gasteiger partial charge in [0.25, 0.3) is 0 Å². The zero-order valence-electron chi connectivity index (χ0n) is 24.9. The summed E-state index contributed by atoms with van der Waals surface area (Å²) in [6, 6.07) is 6.90. The van der Waals surface area contributed by atoms with Crippen molar-refractivity contribution in [3.05, 3.63) is 40.2 Å². The molecule has 0 radical (unpaired) electrons. The van der Waals surface area contributed by atoms with E-state index < -0.39 is 17.8 Å². The zero-order valence-corrected chi connectivity index (χ0v) is 24.9. The fourth-order valence-electron chi connectivity index (χ4n) is 10.4. The van der Waals surface area contributed by atoms with Crippen molar-refractivity contribution in [2.45, 2.75) is 104 Å². The van der Waals surface area contributed by atoms with E-state index in [0.717, 1.165) is 55.9 Å². The van der Waals surface area contributed by atoms with Gasteiger partial charge in [-0.05, 0) is 122 Å². The van der Waals surface area contributed by atoms with Crippen LogP contribution in [0.2, 0.25) is 0 Å². The van der Waals surface area contributed by atoms with Gasteiger partial charge in [-0.15, -0.1) is 0 Å². The lowest BCUT2D eigenvalue weighted by Crippen LogP contribution is -2.64. The highest BCUT2D eigenvalue weighted by Gasteiger charge is 2.65. The van der Waals surface area contributed by atoms with Crippen LogP contribution in [0.25, 0.3) is 11.0 Å². The lowest BCUT2D eigenvalue weighted by Gasteiger charge is -2.63. The minimum absolute atomic E-state index is 0.0321. The predicted molar refractivity (Wildman–Crippen MR) is 158 cm³/mol. The Bertz CT molecular complexity index is 1370.